The van der Waals surface area contributed by atoms with Crippen LogP contribution >= 0.6 is 0 Å². The second kappa shape index (κ2) is 7.08. The summed E-state index contributed by atoms with van der Waals surface area (Å²) in [6, 6.07) is 6.75. The maximum Gasteiger partial charge on any atom is 0.324 e. The molecule has 1 aromatic heterocycles. The van der Waals surface area contributed by atoms with Gasteiger partial charge in [0.05, 0.1) is 44.7 Å². The van der Waals surface area contributed by atoms with Gasteiger partial charge in [0.2, 0.25) is 10.0 Å². The molecule has 0 saturated heterocycles. The van der Waals surface area contributed by atoms with Gasteiger partial charge in [-0.2, -0.15) is 4.31 Å². The fraction of sp³-hybridized carbons (Fsp3) is 0.412. The summed E-state index contributed by atoms with van der Waals surface area (Å²) in [5.74, 6) is 0.191. The number of aromatic nitrogens is 2. The van der Waals surface area contributed by atoms with E-state index in [4.69, 9.17) is 9.47 Å². The molecule has 0 saturated carbocycles. The van der Waals surface area contributed by atoms with Gasteiger partial charge in [-0.25, -0.2) is 13.4 Å². The van der Waals surface area contributed by atoms with E-state index < -0.39 is 22.0 Å². The van der Waals surface area contributed by atoms with Crippen molar-refractivity contribution in [1.82, 2.24) is 13.9 Å². The number of esters is 1. The molecular formula is C17H21N3O5S. The molecular weight excluding hydrogens is 358 g/mol. The Labute approximate surface area is 152 Å². The summed E-state index contributed by atoms with van der Waals surface area (Å²) in [5.41, 5.74) is 2.53. The lowest BCUT2D eigenvalue weighted by molar-refractivity contribution is -0.145. The van der Waals surface area contributed by atoms with Gasteiger partial charge in [-0.05, 0) is 17.7 Å². The fourth-order valence-electron chi connectivity index (χ4n) is 3.09. The average molecular weight is 379 g/mol. The van der Waals surface area contributed by atoms with E-state index in [-0.39, 0.29) is 13.0 Å². The molecule has 2 heterocycles. The summed E-state index contributed by atoms with van der Waals surface area (Å²) in [5, 5.41) is 0. The second-order valence-corrected chi connectivity index (χ2v) is 8.10. The van der Waals surface area contributed by atoms with Crippen LogP contribution in [0.5, 0.6) is 5.75 Å². The van der Waals surface area contributed by atoms with Crippen LogP contribution in [0.3, 0.4) is 0 Å². The van der Waals surface area contributed by atoms with Crippen LogP contribution in [0.1, 0.15) is 17.0 Å². The molecule has 1 atom stereocenters. The monoisotopic (exact) mass is 379 g/mol. The topological polar surface area (TPSA) is 90.7 Å². The second-order valence-electron chi connectivity index (χ2n) is 6.17. The van der Waals surface area contributed by atoms with Gasteiger partial charge < -0.3 is 14.0 Å². The van der Waals surface area contributed by atoms with Crippen molar-refractivity contribution >= 4 is 16.0 Å². The Kier molecular flexibility index (Phi) is 5.01. The third-order valence-corrected chi connectivity index (χ3v) is 5.72. The number of benzene rings is 1. The number of fused-ring (bicyclic) bond motifs is 1. The van der Waals surface area contributed by atoms with Crippen molar-refractivity contribution in [3.63, 3.8) is 0 Å². The van der Waals surface area contributed by atoms with Crippen LogP contribution in [-0.4, -0.2) is 54.8 Å². The lowest BCUT2D eigenvalue weighted by Crippen LogP contribution is -2.49. The third-order valence-electron chi connectivity index (χ3n) is 4.48. The molecule has 1 aliphatic heterocycles. The number of nitrogens with zero attached hydrogens (tertiary/aromatic N) is 3. The van der Waals surface area contributed by atoms with Crippen LogP contribution in [0.2, 0.25) is 0 Å². The van der Waals surface area contributed by atoms with Crippen LogP contribution < -0.4 is 4.74 Å². The Bertz CT molecular complexity index is 905. The lowest BCUT2D eigenvalue weighted by Gasteiger charge is -2.31. The highest BCUT2D eigenvalue weighted by Crippen LogP contribution is 2.26. The Balaban J connectivity index is 1.90. The standard InChI is InChI=1S/C17H21N3O5S/c1-24-13-6-4-12(5-7-13)9-19-11-18-14-8-15(17(21)25-2)20(10-16(14)19)26(3,22)23/h4-7,11,15H,8-10H2,1-3H3. The summed E-state index contributed by atoms with van der Waals surface area (Å²) in [4.78, 5) is 16.4. The number of rotatable bonds is 5. The predicted molar refractivity (Wildman–Crippen MR) is 94.2 cm³/mol. The van der Waals surface area contributed by atoms with Crippen LogP contribution in [0.25, 0.3) is 0 Å². The van der Waals surface area contributed by atoms with Crippen molar-refractivity contribution in [2.45, 2.75) is 25.6 Å². The van der Waals surface area contributed by atoms with E-state index in [1.807, 2.05) is 28.8 Å². The molecule has 0 N–H and O–H groups in total. The van der Waals surface area contributed by atoms with E-state index in [9.17, 15) is 13.2 Å². The van der Waals surface area contributed by atoms with Crippen molar-refractivity contribution in [2.24, 2.45) is 0 Å². The molecule has 0 fully saturated rings. The molecule has 26 heavy (non-hydrogen) atoms. The summed E-state index contributed by atoms with van der Waals surface area (Å²) < 4.78 is 37.3. The van der Waals surface area contributed by atoms with Crippen LogP contribution in [0.15, 0.2) is 30.6 Å². The van der Waals surface area contributed by atoms with E-state index in [0.29, 0.717) is 12.2 Å². The van der Waals surface area contributed by atoms with Gasteiger partial charge in [-0.3, -0.25) is 4.79 Å². The number of hydrogen-bond donors (Lipinski definition) is 0. The first kappa shape index (κ1) is 18.4. The largest absolute Gasteiger partial charge is 0.497 e. The highest BCUT2D eigenvalue weighted by Gasteiger charge is 2.39. The minimum atomic E-state index is -3.57. The Morgan fingerprint density at radius 2 is 1.96 bits per heavy atom. The van der Waals surface area contributed by atoms with E-state index in [1.54, 1.807) is 13.4 Å². The van der Waals surface area contributed by atoms with E-state index in [1.165, 1.54) is 11.4 Å². The molecule has 1 unspecified atom stereocenters. The van der Waals surface area contributed by atoms with Gasteiger partial charge in [0.25, 0.3) is 0 Å². The average Bonchev–Trinajstić information content (AvgIpc) is 3.02. The molecule has 0 aliphatic carbocycles. The van der Waals surface area contributed by atoms with E-state index in [2.05, 4.69) is 4.98 Å². The summed E-state index contributed by atoms with van der Waals surface area (Å²) in [7, 11) is -0.714. The maximum absolute atomic E-state index is 12.2. The SMILES string of the molecule is COC(=O)C1Cc2ncn(Cc3ccc(OC)cc3)c2CN1S(C)(=O)=O. The Morgan fingerprint density at radius 3 is 2.54 bits per heavy atom. The van der Waals surface area contributed by atoms with Crippen molar-refractivity contribution in [1.29, 1.82) is 0 Å². The van der Waals surface area contributed by atoms with Gasteiger partial charge in [0.1, 0.15) is 11.8 Å². The van der Waals surface area contributed by atoms with Gasteiger partial charge in [-0.1, -0.05) is 12.1 Å². The lowest BCUT2D eigenvalue weighted by atomic mass is 10.1. The molecule has 0 bridgehead atoms. The van der Waals surface area contributed by atoms with Crippen LogP contribution in [0.4, 0.5) is 0 Å². The van der Waals surface area contributed by atoms with Gasteiger partial charge in [0.15, 0.2) is 0 Å². The van der Waals surface area contributed by atoms with E-state index >= 15 is 0 Å². The minimum Gasteiger partial charge on any atom is -0.497 e. The molecule has 3 rings (SSSR count). The number of imidazole rings is 1. The zero-order valence-electron chi connectivity index (χ0n) is 14.9. The normalized spacial score (nSPS) is 17.6. The van der Waals surface area contributed by atoms with Crippen molar-refractivity contribution in [3.8, 4) is 5.75 Å². The Hall–Kier alpha value is -2.39. The highest BCUT2D eigenvalue weighted by molar-refractivity contribution is 7.88. The molecule has 0 amide bonds. The molecule has 1 aromatic carbocycles. The molecule has 140 valence electrons. The van der Waals surface area contributed by atoms with Gasteiger partial charge in [-0.15, -0.1) is 0 Å². The number of carbonyl (C=O) groups is 1. The molecule has 1 aliphatic rings. The summed E-state index contributed by atoms with van der Waals surface area (Å²) in [6.45, 7) is 0.636. The maximum atomic E-state index is 12.2. The first-order valence-corrected chi connectivity index (χ1v) is 9.88. The van der Waals surface area contributed by atoms with Crippen molar-refractivity contribution < 1.29 is 22.7 Å². The summed E-state index contributed by atoms with van der Waals surface area (Å²) in [6.07, 6.45) is 2.97. The highest BCUT2D eigenvalue weighted by atomic mass is 32.2. The number of methoxy groups -OCH3 is 2. The predicted octanol–water partition coefficient (Wildman–Crippen LogP) is 0.799. The number of hydrogen-bond acceptors (Lipinski definition) is 6. The smallest absolute Gasteiger partial charge is 0.324 e. The zero-order valence-corrected chi connectivity index (χ0v) is 15.7. The minimum absolute atomic E-state index is 0.0874. The first-order valence-electron chi connectivity index (χ1n) is 8.04. The summed E-state index contributed by atoms with van der Waals surface area (Å²) >= 11 is 0. The number of sulfonamides is 1. The van der Waals surface area contributed by atoms with Gasteiger partial charge in [0, 0.05) is 13.0 Å². The van der Waals surface area contributed by atoms with Crippen LogP contribution in [-0.2, 0) is 39.1 Å². The number of ether oxygens (including phenoxy) is 2. The van der Waals surface area contributed by atoms with Crippen LogP contribution in [0, 0.1) is 0 Å². The molecule has 8 nitrogen and oxygen atoms in total. The van der Waals surface area contributed by atoms with Crippen molar-refractivity contribution in [2.75, 3.05) is 20.5 Å². The molecule has 0 spiro atoms. The number of carbonyl (C=O) groups excluding carboxylic acids is 1. The fourth-order valence-corrected chi connectivity index (χ4v) is 4.07. The quantitative estimate of drug-likeness (QED) is 0.714. The Morgan fingerprint density at radius 1 is 1.27 bits per heavy atom. The molecule has 0 radical (unpaired) electrons. The van der Waals surface area contributed by atoms with E-state index in [0.717, 1.165) is 23.3 Å². The zero-order chi connectivity index (χ0) is 18.9. The molecule has 2 aromatic rings. The van der Waals surface area contributed by atoms with Gasteiger partial charge >= 0.3 is 5.97 Å². The first-order chi connectivity index (χ1) is 12.3. The van der Waals surface area contributed by atoms with Crippen molar-refractivity contribution in [3.05, 3.63) is 47.5 Å². The molecule has 9 heteroatoms. The third kappa shape index (κ3) is 3.58.